The van der Waals surface area contributed by atoms with Gasteiger partial charge in [-0.25, -0.2) is 13.1 Å². The number of nitrogens with one attached hydrogen (secondary N) is 1. The molecular formula is C22H22ClN5O6S. The molecule has 1 aromatic heterocycles. The topological polar surface area (TPSA) is 137 Å². The highest BCUT2D eigenvalue weighted by Gasteiger charge is 2.32. The lowest BCUT2D eigenvalue weighted by Gasteiger charge is -2.30. The van der Waals surface area contributed by atoms with Crippen LogP contribution in [0.5, 0.6) is 5.75 Å². The predicted octanol–water partition coefficient (Wildman–Crippen LogP) is 3.52. The highest BCUT2D eigenvalue weighted by atomic mass is 35.5. The van der Waals surface area contributed by atoms with Crippen LogP contribution in [-0.2, 0) is 21.5 Å². The lowest BCUT2D eigenvalue weighted by atomic mass is 9.97. The van der Waals surface area contributed by atoms with Crippen molar-refractivity contribution in [2.75, 3.05) is 18.4 Å². The number of nitro groups is 1. The number of benzene rings is 2. The Balaban J connectivity index is 1.29. The van der Waals surface area contributed by atoms with E-state index in [0.29, 0.717) is 29.3 Å². The van der Waals surface area contributed by atoms with Gasteiger partial charge in [0.1, 0.15) is 5.75 Å². The molecule has 13 heteroatoms. The normalized spacial score (nSPS) is 15.0. The number of nitrogens with zero attached hydrogens (tertiary/aromatic N) is 4. The lowest BCUT2D eigenvalue weighted by Crippen LogP contribution is -2.41. The van der Waals surface area contributed by atoms with E-state index >= 15 is 0 Å². The van der Waals surface area contributed by atoms with Crippen molar-refractivity contribution < 1.29 is 22.9 Å². The Hall–Kier alpha value is -3.48. The summed E-state index contributed by atoms with van der Waals surface area (Å²) in [5, 5.41) is 18.3. The van der Waals surface area contributed by atoms with Crippen LogP contribution in [0.2, 0.25) is 5.02 Å². The molecule has 1 fully saturated rings. The second-order valence-corrected chi connectivity index (χ2v) is 10.3. The van der Waals surface area contributed by atoms with Gasteiger partial charge in [0.2, 0.25) is 15.9 Å². The smallest absolute Gasteiger partial charge is 0.269 e. The molecule has 4 rings (SSSR count). The number of ether oxygens (including phenoxy) is 1. The Labute approximate surface area is 206 Å². The average molecular weight is 520 g/mol. The van der Waals surface area contributed by atoms with Crippen molar-refractivity contribution >= 4 is 38.9 Å². The molecule has 0 aliphatic carbocycles. The van der Waals surface area contributed by atoms with Crippen LogP contribution in [0.1, 0.15) is 12.8 Å². The molecular weight excluding hydrogens is 498 g/mol. The van der Waals surface area contributed by atoms with Gasteiger partial charge in [-0.2, -0.15) is 9.40 Å². The number of anilines is 1. The van der Waals surface area contributed by atoms with Gasteiger partial charge in [-0.1, -0.05) is 17.7 Å². The Morgan fingerprint density at radius 3 is 2.57 bits per heavy atom. The molecule has 1 aliphatic heterocycles. The van der Waals surface area contributed by atoms with E-state index in [1.807, 2.05) is 0 Å². The fourth-order valence-electron chi connectivity index (χ4n) is 3.69. The number of carbonyl (C=O) groups excluding carboxylic acids is 1. The number of halogens is 1. The van der Waals surface area contributed by atoms with Crippen LogP contribution >= 0.6 is 11.6 Å². The molecule has 35 heavy (non-hydrogen) atoms. The predicted molar refractivity (Wildman–Crippen MR) is 128 cm³/mol. The summed E-state index contributed by atoms with van der Waals surface area (Å²) in [5.41, 5.74) is 0.323. The van der Waals surface area contributed by atoms with Crippen LogP contribution in [0, 0.1) is 16.0 Å². The monoisotopic (exact) mass is 519 g/mol. The largest absolute Gasteiger partial charge is 0.471 e. The summed E-state index contributed by atoms with van der Waals surface area (Å²) in [7, 11) is -3.80. The molecule has 1 amide bonds. The number of hydrogen-bond acceptors (Lipinski definition) is 7. The van der Waals surface area contributed by atoms with Crippen molar-refractivity contribution in [3.8, 4) is 5.75 Å². The van der Waals surface area contributed by atoms with Gasteiger partial charge in [0.15, 0.2) is 6.73 Å². The molecule has 0 unspecified atom stereocenters. The van der Waals surface area contributed by atoms with Crippen LogP contribution in [0.4, 0.5) is 11.4 Å². The zero-order chi connectivity index (χ0) is 25.0. The molecule has 0 saturated carbocycles. The third-order valence-corrected chi connectivity index (χ3v) is 7.72. The number of carbonyl (C=O) groups is 1. The van der Waals surface area contributed by atoms with E-state index < -0.39 is 14.9 Å². The van der Waals surface area contributed by atoms with Crippen molar-refractivity contribution in [3.05, 3.63) is 76.1 Å². The lowest BCUT2D eigenvalue weighted by molar-refractivity contribution is -0.384. The molecule has 0 radical (unpaired) electrons. The van der Waals surface area contributed by atoms with E-state index in [1.165, 1.54) is 27.3 Å². The first kappa shape index (κ1) is 24.6. The zero-order valence-electron chi connectivity index (χ0n) is 18.4. The number of rotatable bonds is 8. The van der Waals surface area contributed by atoms with E-state index in [2.05, 4.69) is 10.4 Å². The maximum absolute atomic E-state index is 12.8. The van der Waals surface area contributed by atoms with Crippen LogP contribution in [0.15, 0.2) is 65.8 Å². The van der Waals surface area contributed by atoms with Crippen molar-refractivity contribution in [1.29, 1.82) is 0 Å². The minimum atomic E-state index is -3.80. The zero-order valence-corrected chi connectivity index (χ0v) is 20.0. The number of hydrogen-bond donors (Lipinski definition) is 1. The van der Waals surface area contributed by atoms with E-state index in [4.69, 9.17) is 16.3 Å². The fourth-order valence-corrected chi connectivity index (χ4v) is 5.34. The maximum atomic E-state index is 12.8. The maximum Gasteiger partial charge on any atom is 0.269 e. The molecule has 184 valence electrons. The molecule has 0 atom stereocenters. The first-order valence-electron chi connectivity index (χ1n) is 10.7. The molecule has 11 nitrogen and oxygen atoms in total. The Kier molecular flexibility index (Phi) is 7.34. The second kappa shape index (κ2) is 10.4. The first-order valence-corrected chi connectivity index (χ1v) is 12.5. The summed E-state index contributed by atoms with van der Waals surface area (Å²) in [6.45, 7) is 0.476. The van der Waals surface area contributed by atoms with Crippen LogP contribution in [-0.4, -0.2) is 46.4 Å². The van der Waals surface area contributed by atoms with Crippen molar-refractivity contribution in [3.63, 3.8) is 0 Å². The molecule has 0 spiro atoms. The Bertz CT molecular complexity index is 1320. The van der Waals surface area contributed by atoms with Crippen molar-refractivity contribution in [2.45, 2.75) is 24.5 Å². The van der Waals surface area contributed by atoms with Gasteiger partial charge in [-0.05, 0) is 43.2 Å². The van der Waals surface area contributed by atoms with Crippen molar-refractivity contribution in [2.24, 2.45) is 5.92 Å². The number of aromatic nitrogens is 2. The van der Waals surface area contributed by atoms with E-state index in [-0.39, 0.29) is 42.2 Å². The molecule has 2 aromatic carbocycles. The van der Waals surface area contributed by atoms with Gasteiger partial charge in [-0.15, -0.1) is 0 Å². The summed E-state index contributed by atoms with van der Waals surface area (Å²) in [6.07, 6.45) is 3.85. The average Bonchev–Trinajstić information content (AvgIpc) is 3.30. The van der Waals surface area contributed by atoms with Gasteiger partial charge < -0.3 is 10.1 Å². The summed E-state index contributed by atoms with van der Waals surface area (Å²) < 4.78 is 34.1. The Morgan fingerprint density at radius 2 is 1.91 bits per heavy atom. The van der Waals surface area contributed by atoms with E-state index in [0.717, 1.165) is 12.1 Å². The van der Waals surface area contributed by atoms with Gasteiger partial charge in [-0.3, -0.25) is 14.9 Å². The van der Waals surface area contributed by atoms with Gasteiger partial charge in [0, 0.05) is 36.2 Å². The van der Waals surface area contributed by atoms with E-state index in [1.54, 1.807) is 30.5 Å². The Morgan fingerprint density at radius 1 is 1.20 bits per heavy atom. The molecule has 1 aliphatic rings. The summed E-state index contributed by atoms with van der Waals surface area (Å²) >= 11 is 5.93. The fraction of sp³-hybridized carbons (Fsp3) is 0.273. The molecule has 0 bridgehead atoms. The highest BCUT2D eigenvalue weighted by molar-refractivity contribution is 7.89. The molecule has 1 N–H and O–H groups in total. The molecule has 3 aromatic rings. The summed E-state index contributed by atoms with van der Waals surface area (Å²) in [5.74, 6) is 0.0195. The SMILES string of the molecule is O=C(Nc1cnn(COc2cccc(Cl)c2)c1)C1CCN(S(=O)(=O)c2ccc([N+](=O)[O-])cc2)CC1. The second-order valence-electron chi connectivity index (χ2n) is 7.92. The number of nitro benzene ring substituents is 1. The summed E-state index contributed by atoms with van der Waals surface area (Å²) in [4.78, 5) is 22.9. The quantitative estimate of drug-likeness (QED) is 0.355. The van der Waals surface area contributed by atoms with E-state index in [9.17, 15) is 23.3 Å². The number of amides is 1. The third-order valence-electron chi connectivity index (χ3n) is 5.57. The molecule has 2 heterocycles. The van der Waals surface area contributed by atoms with Gasteiger partial charge >= 0.3 is 0 Å². The number of sulfonamides is 1. The summed E-state index contributed by atoms with van der Waals surface area (Å²) in [6, 6.07) is 11.7. The minimum Gasteiger partial charge on any atom is -0.471 e. The van der Waals surface area contributed by atoms with Gasteiger partial charge in [0.25, 0.3) is 5.69 Å². The van der Waals surface area contributed by atoms with Crippen LogP contribution in [0.25, 0.3) is 0 Å². The standard InChI is InChI=1S/C22H22ClN5O6S/c23-17-2-1-3-20(12-17)34-15-26-14-18(13-24-26)25-22(29)16-8-10-27(11-9-16)35(32,33)21-6-4-19(5-7-21)28(30)31/h1-7,12-14,16H,8-11,15H2,(H,25,29). The van der Waals surface area contributed by atoms with Crippen LogP contribution in [0.3, 0.4) is 0 Å². The highest BCUT2D eigenvalue weighted by Crippen LogP contribution is 2.26. The third kappa shape index (κ3) is 5.96. The minimum absolute atomic E-state index is 0.0154. The number of non-ortho nitro benzene ring substituents is 1. The van der Waals surface area contributed by atoms with Crippen LogP contribution < -0.4 is 10.1 Å². The first-order chi connectivity index (χ1) is 16.7. The van der Waals surface area contributed by atoms with Gasteiger partial charge in [0.05, 0.1) is 27.9 Å². The van der Waals surface area contributed by atoms with Crippen molar-refractivity contribution in [1.82, 2.24) is 14.1 Å². The number of piperidine rings is 1. The molecule has 1 saturated heterocycles.